The molecule has 1 N–H and O–H groups in total. The van der Waals surface area contributed by atoms with Crippen molar-refractivity contribution in [1.82, 2.24) is 20.5 Å². The third-order valence-corrected chi connectivity index (χ3v) is 3.14. The molecular weight excluding hydrogens is 252 g/mol. The van der Waals surface area contributed by atoms with E-state index in [-0.39, 0.29) is 6.04 Å². The highest BCUT2D eigenvalue weighted by Crippen LogP contribution is 2.21. The van der Waals surface area contributed by atoms with E-state index in [4.69, 9.17) is 4.42 Å². The van der Waals surface area contributed by atoms with Crippen molar-refractivity contribution in [3.8, 4) is 11.6 Å². The number of hydrogen-bond acceptors (Lipinski definition) is 5. The fraction of sp³-hybridized carbons (Fsp3) is 0.267. The van der Waals surface area contributed by atoms with Crippen LogP contribution in [0.3, 0.4) is 0 Å². The molecule has 2 aromatic heterocycles. The lowest BCUT2D eigenvalue weighted by atomic mass is 10.2. The van der Waals surface area contributed by atoms with E-state index in [1.165, 1.54) is 0 Å². The molecule has 0 radical (unpaired) electrons. The van der Waals surface area contributed by atoms with Crippen molar-refractivity contribution in [3.63, 3.8) is 0 Å². The minimum Gasteiger partial charge on any atom is -0.418 e. The number of aromatic nitrogens is 3. The van der Waals surface area contributed by atoms with Crippen molar-refractivity contribution in [2.75, 3.05) is 6.54 Å². The zero-order chi connectivity index (χ0) is 13.9. The van der Waals surface area contributed by atoms with Gasteiger partial charge in [-0.2, -0.15) is 0 Å². The Morgan fingerprint density at radius 3 is 2.85 bits per heavy atom. The summed E-state index contributed by atoms with van der Waals surface area (Å²) in [6.07, 6.45) is 0. The summed E-state index contributed by atoms with van der Waals surface area (Å²) in [6.45, 7) is 4.89. The summed E-state index contributed by atoms with van der Waals surface area (Å²) in [6, 6.07) is 11.9. The van der Waals surface area contributed by atoms with Crippen LogP contribution in [0.2, 0.25) is 0 Å². The van der Waals surface area contributed by atoms with Crippen LogP contribution in [0.1, 0.15) is 25.8 Å². The topological polar surface area (TPSA) is 63.8 Å². The summed E-state index contributed by atoms with van der Waals surface area (Å²) >= 11 is 0. The van der Waals surface area contributed by atoms with Crippen LogP contribution >= 0.6 is 0 Å². The molecule has 5 nitrogen and oxygen atoms in total. The number of nitrogens with one attached hydrogen (secondary N) is 1. The normalized spacial score (nSPS) is 12.7. The molecule has 1 unspecified atom stereocenters. The number of hydrogen-bond donors (Lipinski definition) is 1. The van der Waals surface area contributed by atoms with Gasteiger partial charge in [0.1, 0.15) is 5.69 Å². The monoisotopic (exact) mass is 268 g/mol. The van der Waals surface area contributed by atoms with E-state index in [2.05, 4.69) is 20.5 Å². The van der Waals surface area contributed by atoms with Crippen molar-refractivity contribution in [3.05, 3.63) is 42.3 Å². The lowest BCUT2D eigenvalue weighted by Gasteiger charge is -2.05. The molecule has 3 rings (SSSR count). The Bertz CT molecular complexity index is 722. The minimum atomic E-state index is 0.0432. The summed E-state index contributed by atoms with van der Waals surface area (Å²) in [7, 11) is 0. The van der Waals surface area contributed by atoms with Gasteiger partial charge in [-0.3, -0.25) is 0 Å². The van der Waals surface area contributed by atoms with Crippen LogP contribution in [-0.4, -0.2) is 21.7 Å². The molecule has 5 heteroatoms. The van der Waals surface area contributed by atoms with Crippen LogP contribution < -0.4 is 5.32 Å². The molecule has 0 bridgehead atoms. The number of para-hydroxylation sites is 1. The number of nitrogens with zero attached hydrogens (tertiary/aromatic N) is 3. The summed E-state index contributed by atoms with van der Waals surface area (Å²) in [5.74, 6) is 1.03. The van der Waals surface area contributed by atoms with Crippen LogP contribution in [-0.2, 0) is 0 Å². The average molecular weight is 268 g/mol. The number of benzene rings is 1. The van der Waals surface area contributed by atoms with Crippen molar-refractivity contribution >= 4 is 10.9 Å². The summed E-state index contributed by atoms with van der Waals surface area (Å²) in [4.78, 5) is 4.55. The van der Waals surface area contributed by atoms with Gasteiger partial charge in [0, 0.05) is 5.39 Å². The summed E-state index contributed by atoms with van der Waals surface area (Å²) < 4.78 is 5.69. The van der Waals surface area contributed by atoms with E-state index >= 15 is 0 Å². The Balaban J connectivity index is 1.94. The van der Waals surface area contributed by atoms with Crippen LogP contribution in [0, 0.1) is 0 Å². The van der Waals surface area contributed by atoms with Crippen molar-refractivity contribution < 1.29 is 4.42 Å². The van der Waals surface area contributed by atoms with Crippen LogP contribution in [0.5, 0.6) is 0 Å². The molecule has 0 spiro atoms. The first-order chi connectivity index (χ1) is 9.78. The Kier molecular flexibility index (Phi) is 3.43. The van der Waals surface area contributed by atoms with Gasteiger partial charge in [-0.1, -0.05) is 31.2 Å². The van der Waals surface area contributed by atoms with Crippen molar-refractivity contribution in [1.29, 1.82) is 0 Å². The van der Waals surface area contributed by atoms with E-state index in [0.717, 1.165) is 17.4 Å². The zero-order valence-electron chi connectivity index (χ0n) is 11.5. The molecule has 2 heterocycles. The Labute approximate surface area is 117 Å². The summed E-state index contributed by atoms with van der Waals surface area (Å²) in [5, 5.41) is 12.5. The summed E-state index contributed by atoms with van der Waals surface area (Å²) in [5.41, 5.74) is 1.62. The maximum absolute atomic E-state index is 5.69. The molecule has 1 aromatic carbocycles. The van der Waals surface area contributed by atoms with Gasteiger partial charge in [-0.15, -0.1) is 10.2 Å². The predicted molar refractivity (Wildman–Crippen MR) is 77.1 cm³/mol. The molecule has 3 aromatic rings. The quantitative estimate of drug-likeness (QED) is 0.788. The lowest BCUT2D eigenvalue weighted by molar-refractivity contribution is 0.428. The highest BCUT2D eigenvalue weighted by molar-refractivity contribution is 5.80. The largest absolute Gasteiger partial charge is 0.418 e. The first-order valence-electron chi connectivity index (χ1n) is 6.71. The molecule has 0 fully saturated rings. The second-order valence-corrected chi connectivity index (χ2v) is 4.61. The van der Waals surface area contributed by atoms with Gasteiger partial charge in [-0.25, -0.2) is 4.98 Å². The number of fused-ring (bicyclic) bond motifs is 1. The Morgan fingerprint density at radius 1 is 1.15 bits per heavy atom. The van der Waals surface area contributed by atoms with Crippen molar-refractivity contribution in [2.45, 2.75) is 19.9 Å². The molecule has 0 saturated heterocycles. The fourth-order valence-electron chi connectivity index (χ4n) is 2.09. The van der Waals surface area contributed by atoms with Gasteiger partial charge >= 0.3 is 0 Å². The molecule has 102 valence electrons. The highest BCUT2D eigenvalue weighted by Gasteiger charge is 2.14. The van der Waals surface area contributed by atoms with Crippen molar-refractivity contribution in [2.24, 2.45) is 0 Å². The first-order valence-corrected chi connectivity index (χ1v) is 6.71. The minimum absolute atomic E-state index is 0.0432. The number of pyridine rings is 1. The predicted octanol–water partition coefficient (Wildman–Crippen LogP) is 2.96. The third kappa shape index (κ3) is 2.40. The second kappa shape index (κ2) is 5.38. The number of rotatable bonds is 4. The lowest BCUT2D eigenvalue weighted by Crippen LogP contribution is -2.17. The molecule has 0 aliphatic heterocycles. The van der Waals surface area contributed by atoms with Gasteiger partial charge < -0.3 is 9.73 Å². The van der Waals surface area contributed by atoms with E-state index in [9.17, 15) is 0 Å². The molecular formula is C15H16N4O. The van der Waals surface area contributed by atoms with Gasteiger partial charge in [0.2, 0.25) is 5.89 Å². The molecule has 20 heavy (non-hydrogen) atoms. The maximum Gasteiger partial charge on any atom is 0.266 e. The molecule has 0 aliphatic rings. The van der Waals surface area contributed by atoms with Gasteiger partial charge in [0.25, 0.3) is 5.89 Å². The highest BCUT2D eigenvalue weighted by atomic mass is 16.4. The second-order valence-electron chi connectivity index (χ2n) is 4.61. The van der Waals surface area contributed by atoms with Gasteiger partial charge in [-0.05, 0) is 25.6 Å². The maximum atomic E-state index is 5.69. The zero-order valence-corrected chi connectivity index (χ0v) is 11.5. The SMILES string of the molecule is CCNC(C)c1nnc(-c2ccc3ccccc3n2)o1. The van der Waals surface area contributed by atoms with Crippen LogP contribution in [0.15, 0.2) is 40.8 Å². The van der Waals surface area contributed by atoms with E-state index in [0.29, 0.717) is 17.5 Å². The fourth-order valence-corrected chi connectivity index (χ4v) is 2.09. The Morgan fingerprint density at radius 2 is 2.00 bits per heavy atom. The molecule has 0 amide bonds. The molecule has 1 atom stereocenters. The standard InChI is InChI=1S/C15H16N4O/c1-3-16-10(2)14-18-19-15(20-14)13-9-8-11-6-4-5-7-12(11)17-13/h4-10,16H,3H2,1-2H3. The van der Waals surface area contributed by atoms with Gasteiger partial charge in [0.05, 0.1) is 11.6 Å². The van der Waals surface area contributed by atoms with E-state index in [1.54, 1.807) is 0 Å². The van der Waals surface area contributed by atoms with Crippen LogP contribution in [0.25, 0.3) is 22.5 Å². The molecule has 0 aliphatic carbocycles. The van der Waals surface area contributed by atoms with Crippen LogP contribution in [0.4, 0.5) is 0 Å². The van der Waals surface area contributed by atoms with Gasteiger partial charge in [0.15, 0.2) is 0 Å². The average Bonchev–Trinajstić information content (AvgIpc) is 2.97. The van der Waals surface area contributed by atoms with E-state index in [1.807, 2.05) is 50.2 Å². The smallest absolute Gasteiger partial charge is 0.266 e. The third-order valence-electron chi connectivity index (χ3n) is 3.14. The first kappa shape index (κ1) is 12.7. The molecule has 0 saturated carbocycles. The Hall–Kier alpha value is -2.27. The van der Waals surface area contributed by atoms with E-state index < -0.39 is 0 Å².